The van der Waals surface area contributed by atoms with Gasteiger partial charge in [0, 0.05) is 44.5 Å². The molecule has 0 aliphatic carbocycles. The molecule has 1 amide bonds. The summed E-state index contributed by atoms with van der Waals surface area (Å²) in [6, 6.07) is 14.6. The number of fused-ring (bicyclic) bond motifs is 1. The first-order chi connectivity index (χ1) is 14.1. The van der Waals surface area contributed by atoms with Crippen molar-refractivity contribution in [3.63, 3.8) is 0 Å². The van der Waals surface area contributed by atoms with Gasteiger partial charge in [-0.1, -0.05) is 29.8 Å². The average Bonchev–Trinajstić information content (AvgIpc) is 3.16. The maximum atomic E-state index is 12.7. The van der Waals surface area contributed by atoms with Gasteiger partial charge >= 0.3 is 0 Å². The number of hydrogen-bond acceptors (Lipinski definition) is 4. The highest BCUT2D eigenvalue weighted by molar-refractivity contribution is 5.81. The maximum absolute atomic E-state index is 12.7. The molecule has 0 saturated carbocycles. The third-order valence-electron chi connectivity index (χ3n) is 5.64. The zero-order chi connectivity index (χ0) is 20.2. The van der Waals surface area contributed by atoms with E-state index in [1.807, 2.05) is 34.0 Å². The van der Waals surface area contributed by atoms with Gasteiger partial charge in [-0.15, -0.1) is 0 Å². The number of aryl methyl sites for hydroxylation is 2. The fourth-order valence-corrected chi connectivity index (χ4v) is 3.84. The van der Waals surface area contributed by atoms with E-state index in [0.29, 0.717) is 13.0 Å². The summed E-state index contributed by atoms with van der Waals surface area (Å²) in [5.74, 6) is 1.02. The van der Waals surface area contributed by atoms with E-state index in [9.17, 15) is 4.79 Å². The topological polar surface area (TPSA) is 50.6 Å². The molecule has 2 aromatic carbocycles. The molecule has 29 heavy (non-hydrogen) atoms. The Bertz CT molecular complexity index is 972. The second-order valence-corrected chi connectivity index (χ2v) is 7.68. The molecule has 0 unspecified atom stereocenters. The van der Waals surface area contributed by atoms with Gasteiger partial charge in [0.15, 0.2) is 0 Å². The third-order valence-corrected chi connectivity index (χ3v) is 5.64. The number of carbonyl (C=O) groups is 1. The molecule has 3 aromatic rings. The highest BCUT2D eigenvalue weighted by Gasteiger charge is 2.21. The Kier molecular flexibility index (Phi) is 5.81. The minimum Gasteiger partial charge on any atom is -0.497 e. The predicted octanol–water partition coefficient (Wildman–Crippen LogP) is 3.09. The van der Waals surface area contributed by atoms with Crippen molar-refractivity contribution in [1.29, 1.82) is 0 Å². The summed E-state index contributed by atoms with van der Waals surface area (Å²) < 4.78 is 7.16. The Morgan fingerprint density at radius 1 is 1.07 bits per heavy atom. The van der Waals surface area contributed by atoms with E-state index in [1.165, 1.54) is 11.1 Å². The molecular formula is C23H28N4O2. The van der Waals surface area contributed by atoms with E-state index in [2.05, 4.69) is 41.2 Å². The van der Waals surface area contributed by atoms with Crippen LogP contribution in [0.5, 0.6) is 5.75 Å². The number of aromatic nitrogens is 2. The van der Waals surface area contributed by atoms with Crippen LogP contribution >= 0.6 is 0 Å². The summed E-state index contributed by atoms with van der Waals surface area (Å²) >= 11 is 0. The highest BCUT2D eigenvalue weighted by atomic mass is 16.5. The fraction of sp³-hybridized carbons (Fsp3) is 0.391. The van der Waals surface area contributed by atoms with Gasteiger partial charge in [-0.05, 0) is 30.7 Å². The van der Waals surface area contributed by atoms with E-state index in [-0.39, 0.29) is 5.91 Å². The summed E-state index contributed by atoms with van der Waals surface area (Å²) in [5, 5.41) is 5.46. The van der Waals surface area contributed by atoms with E-state index in [0.717, 1.165) is 49.4 Å². The second-order valence-electron chi connectivity index (χ2n) is 7.68. The lowest BCUT2D eigenvalue weighted by Gasteiger charge is -2.34. The van der Waals surface area contributed by atoms with Crippen molar-refractivity contribution in [2.75, 3.05) is 33.3 Å². The van der Waals surface area contributed by atoms with Crippen LogP contribution in [0.2, 0.25) is 0 Å². The minimum atomic E-state index is 0.206. The maximum Gasteiger partial charge on any atom is 0.224 e. The molecule has 4 rings (SSSR count). The van der Waals surface area contributed by atoms with Crippen LogP contribution in [0.15, 0.2) is 48.7 Å². The number of benzene rings is 2. The molecule has 0 bridgehead atoms. The summed E-state index contributed by atoms with van der Waals surface area (Å²) in [5.41, 5.74) is 3.65. The van der Waals surface area contributed by atoms with Gasteiger partial charge in [-0.2, -0.15) is 5.10 Å². The van der Waals surface area contributed by atoms with Gasteiger partial charge in [0.05, 0.1) is 25.4 Å². The molecule has 152 valence electrons. The lowest BCUT2D eigenvalue weighted by molar-refractivity contribution is -0.133. The van der Waals surface area contributed by atoms with Crippen molar-refractivity contribution in [1.82, 2.24) is 19.6 Å². The number of amides is 1. The molecular weight excluding hydrogens is 364 g/mol. The molecule has 1 saturated heterocycles. The van der Waals surface area contributed by atoms with E-state index < -0.39 is 0 Å². The van der Waals surface area contributed by atoms with Gasteiger partial charge in [-0.3, -0.25) is 14.4 Å². The SMILES string of the molecule is COc1ccc2c(cnn2CCC(=O)N2CCN(Cc3ccc(C)cc3)CC2)c1. The number of methoxy groups -OCH3 is 1. The lowest BCUT2D eigenvalue weighted by Crippen LogP contribution is -2.48. The molecule has 6 heteroatoms. The summed E-state index contributed by atoms with van der Waals surface area (Å²) in [4.78, 5) is 17.1. The smallest absolute Gasteiger partial charge is 0.224 e. The van der Waals surface area contributed by atoms with E-state index in [4.69, 9.17) is 4.74 Å². The standard InChI is InChI=1S/C23H28N4O2/c1-18-3-5-19(6-4-18)17-25-11-13-26(14-12-25)23(28)9-10-27-22-8-7-21(29-2)15-20(22)16-24-27/h3-8,15-16H,9-14,17H2,1-2H3. The number of carbonyl (C=O) groups excluding carboxylic acids is 1. The Labute approximate surface area is 171 Å². The van der Waals surface area contributed by atoms with Gasteiger partial charge in [0.25, 0.3) is 0 Å². The zero-order valence-electron chi connectivity index (χ0n) is 17.2. The summed E-state index contributed by atoms with van der Waals surface area (Å²) in [7, 11) is 1.66. The molecule has 6 nitrogen and oxygen atoms in total. The first-order valence-corrected chi connectivity index (χ1v) is 10.2. The van der Waals surface area contributed by atoms with Gasteiger partial charge in [0.1, 0.15) is 5.75 Å². The average molecular weight is 393 g/mol. The van der Waals surface area contributed by atoms with Gasteiger partial charge in [0.2, 0.25) is 5.91 Å². The Morgan fingerprint density at radius 3 is 2.55 bits per heavy atom. The highest BCUT2D eigenvalue weighted by Crippen LogP contribution is 2.20. The molecule has 1 aliphatic heterocycles. The van der Waals surface area contributed by atoms with Crippen molar-refractivity contribution in [3.8, 4) is 5.75 Å². The van der Waals surface area contributed by atoms with E-state index >= 15 is 0 Å². The quantitative estimate of drug-likeness (QED) is 0.647. The van der Waals surface area contributed by atoms with Crippen LogP contribution in [0.1, 0.15) is 17.5 Å². The van der Waals surface area contributed by atoms with Crippen molar-refractivity contribution >= 4 is 16.8 Å². The van der Waals surface area contributed by atoms with E-state index in [1.54, 1.807) is 7.11 Å². The molecule has 2 heterocycles. The molecule has 1 aromatic heterocycles. The number of nitrogens with zero attached hydrogens (tertiary/aromatic N) is 4. The molecule has 0 radical (unpaired) electrons. The monoisotopic (exact) mass is 392 g/mol. The fourth-order valence-electron chi connectivity index (χ4n) is 3.84. The third kappa shape index (κ3) is 4.59. The number of ether oxygens (including phenoxy) is 1. The summed E-state index contributed by atoms with van der Waals surface area (Å²) in [6.07, 6.45) is 2.30. The number of piperazine rings is 1. The molecule has 0 atom stereocenters. The van der Waals surface area contributed by atoms with Gasteiger partial charge < -0.3 is 9.64 Å². The molecule has 0 spiro atoms. The normalized spacial score (nSPS) is 15.0. The van der Waals surface area contributed by atoms with Crippen LogP contribution < -0.4 is 4.74 Å². The minimum absolute atomic E-state index is 0.206. The van der Waals surface area contributed by atoms with Crippen LogP contribution in [0, 0.1) is 6.92 Å². The Morgan fingerprint density at radius 2 is 1.83 bits per heavy atom. The van der Waals surface area contributed by atoms with Crippen molar-refractivity contribution in [2.24, 2.45) is 0 Å². The first-order valence-electron chi connectivity index (χ1n) is 10.2. The molecule has 0 N–H and O–H groups in total. The van der Waals surface area contributed by atoms with Crippen molar-refractivity contribution in [3.05, 3.63) is 59.8 Å². The Hall–Kier alpha value is -2.86. The number of hydrogen-bond donors (Lipinski definition) is 0. The van der Waals surface area contributed by atoms with Crippen LogP contribution in [-0.4, -0.2) is 58.8 Å². The van der Waals surface area contributed by atoms with Crippen LogP contribution in [-0.2, 0) is 17.9 Å². The second kappa shape index (κ2) is 8.66. The first kappa shape index (κ1) is 19.5. The van der Waals surface area contributed by atoms with Gasteiger partial charge in [-0.25, -0.2) is 0 Å². The van der Waals surface area contributed by atoms with Crippen molar-refractivity contribution < 1.29 is 9.53 Å². The molecule has 1 fully saturated rings. The van der Waals surface area contributed by atoms with Crippen LogP contribution in [0.4, 0.5) is 0 Å². The predicted molar refractivity (Wildman–Crippen MR) is 114 cm³/mol. The van der Waals surface area contributed by atoms with Crippen molar-refractivity contribution in [2.45, 2.75) is 26.4 Å². The lowest BCUT2D eigenvalue weighted by atomic mass is 10.1. The number of rotatable bonds is 6. The van der Waals surface area contributed by atoms with Crippen LogP contribution in [0.25, 0.3) is 10.9 Å². The summed E-state index contributed by atoms with van der Waals surface area (Å²) in [6.45, 7) is 7.08. The van der Waals surface area contributed by atoms with Crippen LogP contribution in [0.3, 0.4) is 0 Å². The Balaban J connectivity index is 1.27. The zero-order valence-corrected chi connectivity index (χ0v) is 17.2. The molecule has 1 aliphatic rings. The largest absolute Gasteiger partial charge is 0.497 e.